The Morgan fingerprint density at radius 2 is 1.60 bits per heavy atom. The van der Waals surface area contributed by atoms with E-state index in [1.54, 1.807) is 48.5 Å². The van der Waals surface area contributed by atoms with Crippen LogP contribution in [0.15, 0.2) is 54.6 Å². The zero-order chi connectivity index (χ0) is 17.9. The van der Waals surface area contributed by atoms with Gasteiger partial charge in [0, 0.05) is 17.5 Å². The van der Waals surface area contributed by atoms with Crippen LogP contribution >= 0.6 is 0 Å². The second-order valence-corrected chi connectivity index (χ2v) is 8.40. The Labute approximate surface area is 146 Å². The quantitative estimate of drug-likeness (QED) is 0.466. The normalized spacial score (nSPS) is 18.6. The Morgan fingerprint density at radius 3 is 2.20 bits per heavy atom. The van der Waals surface area contributed by atoms with E-state index >= 15 is 0 Å². The van der Waals surface area contributed by atoms with E-state index in [1.165, 1.54) is 0 Å². The van der Waals surface area contributed by atoms with Crippen LogP contribution < -0.4 is 4.74 Å². The Kier molecular flexibility index (Phi) is 4.99. The summed E-state index contributed by atoms with van der Waals surface area (Å²) < 4.78 is 28.1. The van der Waals surface area contributed by atoms with Gasteiger partial charge in [0.2, 0.25) is 0 Å². The number of ketones is 1. The zero-order valence-electron chi connectivity index (χ0n) is 13.6. The van der Waals surface area contributed by atoms with Gasteiger partial charge in [-0.2, -0.15) is 0 Å². The monoisotopic (exact) mass is 358 g/mol. The third kappa shape index (κ3) is 4.54. The number of rotatable bonds is 5. The third-order valence-electron chi connectivity index (χ3n) is 4.17. The summed E-state index contributed by atoms with van der Waals surface area (Å²) in [6.45, 7) is 0. The lowest BCUT2D eigenvalue weighted by atomic mass is 10.0. The summed E-state index contributed by atoms with van der Waals surface area (Å²) in [5.74, 6) is -0.195. The number of benzene rings is 2. The molecular formula is C19H18O5S. The predicted molar refractivity (Wildman–Crippen MR) is 93.3 cm³/mol. The minimum Gasteiger partial charge on any atom is -0.427 e. The van der Waals surface area contributed by atoms with Crippen molar-refractivity contribution in [3.8, 4) is 5.75 Å². The van der Waals surface area contributed by atoms with Crippen molar-refractivity contribution in [1.29, 1.82) is 0 Å². The van der Waals surface area contributed by atoms with Gasteiger partial charge < -0.3 is 4.74 Å². The fraction of sp³-hybridized carbons (Fsp3) is 0.263. The first-order valence-corrected chi connectivity index (χ1v) is 9.86. The molecule has 6 heteroatoms. The lowest BCUT2D eigenvalue weighted by Crippen LogP contribution is -2.15. The Morgan fingerprint density at radius 1 is 0.960 bits per heavy atom. The van der Waals surface area contributed by atoms with Crippen molar-refractivity contribution >= 4 is 21.6 Å². The number of carbonyl (C=O) groups excluding carboxylic acids is 2. The number of ether oxygens (including phenoxy) is 1. The molecule has 5 nitrogen and oxygen atoms in total. The SMILES string of the molecule is O=C(C[C@@H]1CCS(=O)(=O)C1)Oc1ccc(C(=O)c2ccccc2)cc1. The van der Waals surface area contributed by atoms with Crippen molar-refractivity contribution < 1.29 is 22.7 Å². The summed E-state index contributed by atoms with van der Waals surface area (Å²) in [4.78, 5) is 24.2. The largest absolute Gasteiger partial charge is 0.427 e. The summed E-state index contributed by atoms with van der Waals surface area (Å²) in [5.41, 5.74) is 1.10. The molecule has 2 aromatic rings. The maximum absolute atomic E-state index is 12.3. The maximum Gasteiger partial charge on any atom is 0.311 e. The van der Waals surface area contributed by atoms with Gasteiger partial charge in [0.05, 0.1) is 11.5 Å². The second-order valence-electron chi connectivity index (χ2n) is 6.17. The molecule has 1 aliphatic rings. The molecule has 0 spiro atoms. The molecule has 1 heterocycles. The highest BCUT2D eigenvalue weighted by atomic mass is 32.2. The van der Waals surface area contributed by atoms with Crippen molar-refractivity contribution in [3.63, 3.8) is 0 Å². The Bertz CT molecular complexity index is 870. The summed E-state index contributed by atoms with van der Waals surface area (Å²) in [6.07, 6.45) is 0.589. The zero-order valence-corrected chi connectivity index (χ0v) is 14.4. The number of esters is 1. The van der Waals surface area contributed by atoms with Crippen LogP contribution in [-0.2, 0) is 14.6 Å². The average Bonchev–Trinajstić information content (AvgIpc) is 2.94. The molecule has 25 heavy (non-hydrogen) atoms. The molecule has 0 bridgehead atoms. The molecule has 0 saturated carbocycles. The third-order valence-corrected chi connectivity index (χ3v) is 6.00. The van der Waals surface area contributed by atoms with Crippen molar-refractivity contribution in [3.05, 3.63) is 65.7 Å². The first-order valence-electron chi connectivity index (χ1n) is 8.04. The molecule has 0 radical (unpaired) electrons. The highest BCUT2D eigenvalue weighted by Gasteiger charge is 2.30. The van der Waals surface area contributed by atoms with Gasteiger partial charge in [-0.15, -0.1) is 0 Å². The molecule has 3 rings (SSSR count). The van der Waals surface area contributed by atoms with Crippen molar-refractivity contribution in [2.45, 2.75) is 12.8 Å². The van der Waals surface area contributed by atoms with Gasteiger partial charge >= 0.3 is 5.97 Å². The van der Waals surface area contributed by atoms with Crippen molar-refractivity contribution in [2.24, 2.45) is 5.92 Å². The molecule has 2 aromatic carbocycles. The molecule has 0 unspecified atom stereocenters. The summed E-state index contributed by atoms with van der Waals surface area (Å²) in [5, 5.41) is 0. The Hall–Kier alpha value is -2.47. The molecule has 1 aliphatic heterocycles. The summed E-state index contributed by atoms with van der Waals surface area (Å²) >= 11 is 0. The van der Waals surface area contributed by atoms with Crippen LogP contribution in [0.5, 0.6) is 5.75 Å². The molecule has 1 fully saturated rings. The first kappa shape index (κ1) is 17.4. The van der Waals surface area contributed by atoms with Crippen molar-refractivity contribution in [2.75, 3.05) is 11.5 Å². The second kappa shape index (κ2) is 7.19. The summed E-state index contributed by atoms with van der Waals surface area (Å²) in [7, 11) is -3.00. The Balaban J connectivity index is 1.59. The van der Waals surface area contributed by atoms with Gasteiger partial charge in [0.25, 0.3) is 0 Å². The van der Waals surface area contributed by atoms with Gasteiger partial charge in [-0.25, -0.2) is 8.42 Å². The standard InChI is InChI=1S/C19H18O5S/c20-18(12-14-10-11-25(22,23)13-14)24-17-8-6-16(7-9-17)19(21)15-4-2-1-3-5-15/h1-9,14H,10-13H2/t14-/m0/s1. The molecule has 130 valence electrons. The number of sulfone groups is 1. The van der Waals surface area contributed by atoms with E-state index in [0.29, 0.717) is 23.3 Å². The molecule has 0 N–H and O–H groups in total. The van der Waals surface area contributed by atoms with Gasteiger partial charge in [0.15, 0.2) is 15.6 Å². The van der Waals surface area contributed by atoms with E-state index in [-0.39, 0.29) is 29.6 Å². The van der Waals surface area contributed by atoms with E-state index in [1.807, 2.05) is 6.07 Å². The molecule has 1 atom stereocenters. The van der Waals surface area contributed by atoms with E-state index in [4.69, 9.17) is 4.74 Å². The topological polar surface area (TPSA) is 77.5 Å². The molecular weight excluding hydrogens is 340 g/mol. The van der Waals surface area contributed by atoms with Crippen molar-refractivity contribution in [1.82, 2.24) is 0 Å². The number of carbonyl (C=O) groups is 2. The number of hydrogen-bond acceptors (Lipinski definition) is 5. The predicted octanol–water partition coefficient (Wildman–Crippen LogP) is 2.65. The maximum atomic E-state index is 12.3. The molecule has 1 saturated heterocycles. The highest BCUT2D eigenvalue weighted by molar-refractivity contribution is 7.91. The molecule has 0 amide bonds. The highest BCUT2D eigenvalue weighted by Crippen LogP contribution is 2.23. The first-order chi connectivity index (χ1) is 11.9. The van der Waals surface area contributed by atoms with Crippen LogP contribution in [0.1, 0.15) is 28.8 Å². The van der Waals surface area contributed by atoms with Gasteiger partial charge in [-0.05, 0) is 36.6 Å². The average molecular weight is 358 g/mol. The van der Waals surface area contributed by atoms with E-state index in [9.17, 15) is 18.0 Å². The fourth-order valence-electron chi connectivity index (χ4n) is 2.87. The van der Waals surface area contributed by atoms with Crippen LogP contribution in [0.2, 0.25) is 0 Å². The van der Waals surface area contributed by atoms with E-state index in [0.717, 1.165) is 0 Å². The summed E-state index contributed by atoms with van der Waals surface area (Å²) in [6, 6.07) is 15.3. The van der Waals surface area contributed by atoms with Gasteiger partial charge in [0.1, 0.15) is 5.75 Å². The smallest absolute Gasteiger partial charge is 0.311 e. The van der Waals surface area contributed by atoms with Crippen LogP contribution in [-0.4, -0.2) is 31.7 Å². The fourth-order valence-corrected chi connectivity index (χ4v) is 4.73. The van der Waals surface area contributed by atoms with Gasteiger partial charge in [-0.1, -0.05) is 30.3 Å². The minimum atomic E-state index is -3.00. The van der Waals surface area contributed by atoms with Crippen LogP contribution in [0.4, 0.5) is 0 Å². The van der Waals surface area contributed by atoms with Gasteiger partial charge in [-0.3, -0.25) is 9.59 Å². The van der Waals surface area contributed by atoms with Crippen LogP contribution in [0.3, 0.4) is 0 Å². The molecule has 0 aliphatic carbocycles. The lowest BCUT2D eigenvalue weighted by Gasteiger charge is -2.08. The minimum absolute atomic E-state index is 0.0482. The molecule has 0 aromatic heterocycles. The lowest BCUT2D eigenvalue weighted by molar-refractivity contribution is -0.135. The number of hydrogen-bond donors (Lipinski definition) is 0. The van der Waals surface area contributed by atoms with E-state index < -0.39 is 15.8 Å². The van der Waals surface area contributed by atoms with E-state index in [2.05, 4.69) is 0 Å². The van der Waals surface area contributed by atoms with Crippen LogP contribution in [0.25, 0.3) is 0 Å². The van der Waals surface area contributed by atoms with Crippen LogP contribution in [0, 0.1) is 5.92 Å².